The van der Waals surface area contributed by atoms with E-state index in [1.165, 1.54) is 17.8 Å². The minimum atomic E-state index is -0.197. The van der Waals surface area contributed by atoms with Crippen LogP contribution in [0.15, 0.2) is 75.1 Å². The second-order valence-corrected chi connectivity index (χ2v) is 6.88. The van der Waals surface area contributed by atoms with E-state index < -0.39 is 0 Å². The van der Waals surface area contributed by atoms with Crippen LogP contribution >= 0.6 is 11.8 Å². The van der Waals surface area contributed by atoms with Gasteiger partial charge >= 0.3 is 0 Å². The number of hydrogen-bond donors (Lipinski definition) is 1. The van der Waals surface area contributed by atoms with Crippen LogP contribution in [-0.4, -0.2) is 20.1 Å². The summed E-state index contributed by atoms with van der Waals surface area (Å²) in [5.74, 6) is 1.45. The van der Waals surface area contributed by atoms with E-state index in [9.17, 15) is 4.79 Å². The minimum absolute atomic E-state index is 0.197. The third-order valence-corrected chi connectivity index (χ3v) is 4.83. The molecular weight excluding hydrogens is 360 g/mol. The Kier molecular flexibility index (Phi) is 4.84. The number of rotatable bonds is 5. The van der Waals surface area contributed by atoms with Crippen LogP contribution in [0.3, 0.4) is 0 Å². The Morgan fingerprint density at radius 3 is 2.63 bits per heavy atom. The molecule has 4 rings (SSSR count). The van der Waals surface area contributed by atoms with Gasteiger partial charge in [0.2, 0.25) is 11.7 Å². The Balaban J connectivity index is 1.52. The van der Waals surface area contributed by atoms with Crippen molar-refractivity contribution in [3.63, 3.8) is 0 Å². The Bertz CT molecular complexity index is 1120. The second kappa shape index (κ2) is 7.59. The zero-order valence-electron chi connectivity index (χ0n) is 14.5. The standard InChI is InChI=1S/C20H16N4O2S/c1-13-7-5-6-10-15(13)19-23-18(26-24-19)12-27-20-21-16(11-17(25)22-20)14-8-3-2-4-9-14/h2-11H,12H2,1H3,(H,21,22,25). The topological polar surface area (TPSA) is 84.7 Å². The van der Waals surface area contributed by atoms with Crippen molar-refractivity contribution in [3.8, 4) is 22.6 Å². The summed E-state index contributed by atoms with van der Waals surface area (Å²) in [4.78, 5) is 23.7. The third-order valence-electron chi connectivity index (χ3n) is 3.98. The van der Waals surface area contributed by atoms with Gasteiger partial charge in [-0.3, -0.25) is 4.79 Å². The van der Waals surface area contributed by atoms with Gasteiger partial charge in [0.25, 0.3) is 5.56 Å². The summed E-state index contributed by atoms with van der Waals surface area (Å²) in [5, 5.41) is 4.56. The maximum absolute atomic E-state index is 12.0. The average molecular weight is 376 g/mol. The van der Waals surface area contributed by atoms with Crippen molar-refractivity contribution in [2.45, 2.75) is 17.8 Å². The van der Waals surface area contributed by atoms with Crippen LogP contribution in [0.4, 0.5) is 0 Å². The number of thioether (sulfide) groups is 1. The van der Waals surface area contributed by atoms with E-state index in [1.807, 2.05) is 61.5 Å². The molecule has 134 valence electrons. The molecule has 0 atom stereocenters. The summed E-state index contributed by atoms with van der Waals surface area (Å²) in [6.07, 6.45) is 0. The number of nitrogens with one attached hydrogen (secondary N) is 1. The molecule has 0 radical (unpaired) electrons. The Hall–Kier alpha value is -3.19. The minimum Gasteiger partial charge on any atom is -0.338 e. The number of aryl methyl sites for hydroxylation is 1. The number of H-pyrrole nitrogens is 1. The molecule has 0 aliphatic rings. The number of benzene rings is 2. The van der Waals surface area contributed by atoms with Crippen LogP contribution in [0.5, 0.6) is 0 Å². The van der Waals surface area contributed by atoms with Crippen LogP contribution in [0, 0.1) is 6.92 Å². The quantitative estimate of drug-likeness (QED) is 0.417. The van der Waals surface area contributed by atoms with Crippen molar-refractivity contribution in [2.75, 3.05) is 0 Å². The highest BCUT2D eigenvalue weighted by Crippen LogP contribution is 2.24. The summed E-state index contributed by atoms with van der Waals surface area (Å²) in [6, 6.07) is 19.0. The second-order valence-electron chi connectivity index (χ2n) is 5.92. The molecular formula is C20H16N4O2S. The molecule has 0 saturated heterocycles. The summed E-state index contributed by atoms with van der Waals surface area (Å²) in [5.41, 5.74) is 3.35. The molecule has 4 aromatic rings. The fourth-order valence-electron chi connectivity index (χ4n) is 2.64. The Morgan fingerprint density at radius 2 is 1.81 bits per heavy atom. The van der Waals surface area contributed by atoms with Gasteiger partial charge in [-0.15, -0.1) is 0 Å². The van der Waals surface area contributed by atoms with Crippen LogP contribution in [-0.2, 0) is 5.75 Å². The number of hydrogen-bond acceptors (Lipinski definition) is 6. The third kappa shape index (κ3) is 3.98. The van der Waals surface area contributed by atoms with Crippen LogP contribution in [0.25, 0.3) is 22.6 Å². The van der Waals surface area contributed by atoms with Crippen molar-refractivity contribution in [1.82, 2.24) is 20.1 Å². The van der Waals surface area contributed by atoms with E-state index in [1.54, 1.807) is 0 Å². The lowest BCUT2D eigenvalue weighted by molar-refractivity contribution is 0.391. The van der Waals surface area contributed by atoms with Crippen LogP contribution in [0.2, 0.25) is 0 Å². The first kappa shape index (κ1) is 17.2. The molecule has 0 aliphatic heterocycles. The van der Waals surface area contributed by atoms with Crippen molar-refractivity contribution >= 4 is 11.8 Å². The normalized spacial score (nSPS) is 10.9. The zero-order valence-corrected chi connectivity index (χ0v) is 15.4. The zero-order chi connectivity index (χ0) is 18.6. The molecule has 0 amide bonds. The van der Waals surface area contributed by atoms with Crippen molar-refractivity contribution in [1.29, 1.82) is 0 Å². The molecule has 6 nitrogen and oxygen atoms in total. The predicted molar refractivity (Wildman–Crippen MR) is 104 cm³/mol. The van der Waals surface area contributed by atoms with Gasteiger partial charge in [0, 0.05) is 17.2 Å². The molecule has 2 heterocycles. The number of aromatic nitrogens is 4. The fourth-order valence-corrected chi connectivity index (χ4v) is 3.35. The number of aromatic amines is 1. The first-order valence-electron chi connectivity index (χ1n) is 8.37. The smallest absolute Gasteiger partial charge is 0.252 e. The monoisotopic (exact) mass is 376 g/mol. The number of nitrogens with zero attached hydrogens (tertiary/aromatic N) is 3. The molecule has 1 N–H and O–H groups in total. The summed E-state index contributed by atoms with van der Waals surface area (Å²) < 4.78 is 5.34. The maximum Gasteiger partial charge on any atom is 0.252 e. The molecule has 0 bridgehead atoms. The van der Waals surface area contributed by atoms with Gasteiger partial charge in [-0.1, -0.05) is 71.5 Å². The van der Waals surface area contributed by atoms with Gasteiger partial charge in [0.1, 0.15) is 0 Å². The molecule has 0 fully saturated rings. The van der Waals surface area contributed by atoms with Crippen molar-refractivity contribution in [3.05, 3.63) is 82.5 Å². The molecule has 2 aromatic carbocycles. The highest BCUT2D eigenvalue weighted by molar-refractivity contribution is 7.98. The van der Waals surface area contributed by atoms with Gasteiger partial charge in [-0.2, -0.15) is 4.98 Å². The molecule has 7 heteroatoms. The Labute approximate surface area is 159 Å². The lowest BCUT2D eigenvalue weighted by atomic mass is 10.1. The SMILES string of the molecule is Cc1ccccc1-c1noc(CSc2nc(-c3ccccc3)cc(=O)[nH]2)n1. The van der Waals surface area contributed by atoms with Gasteiger partial charge in [-0.25, -0.2) is 4.98 Å². The summed E-state index contributed by atoms with van der Waals surface area (Å²) in [7, 11) is 0. The van der Waals surface area contributed by atoms with Gasteiger partial charge in [0.05, 0.1) is 11.4 Å². The van der Waals surface area contributed by atoms with Gasteiger partial charge in [-0.05, 0) is 12.5 Å². The fraction of sp³-hybridized carbons (Fsp3) is 0.100. The molecule has 2 aromatic heterocycles. The Morgan fingerprint density at radius 1 is 1.04 bits per heavy atom. The highest BCUT2D eigenvalue weighted by Gasteiger charge is 2.12. The van der Waals surface area contributed by atoms with Gasteiger partial charge < -0.3 is 9.51 Å². The predicted octanol–water partition coefficient (Wildman–Crippen LogP) is 4.09. The van der Waals surface area contributed by atoms with Crippen molar-refractivity contribution < 1.29 is 4.52 Å². The summed E-state index contributed by atoms with van der Waals surface area (Å²) in [6.45, 7) is 2.00. The molecule has 27 heavy (non-hydrogen) atoms. The highest BCUT2D eigenvalue weighted by atomic mass is 32.2. The van der Waals surface area contributed by atoms with E-state index >= 15 is 0 Å². The van der Waals surface area contributed by atoms with E-state index in [0.29, 0.717) is 28.3 Å². The lowest BCUT2D eigenvalue weighted by Gasteiger charge is -2.03. The molecule has 0 aliphatic carbocycles. The van der Waals surface area contributed by atoms with E-state index in [0.717, 1.165) is 16.7 Å². The largest absolute Gasteiger partial charge is 0.338 e. The molecule has 0 saturated carbocycles. The van der Waals surface area contributed by atoms with Gasteiger partial charge in [0.15, 0.2) is 5.16 Å². The lowest BCUT2D eigenvalue weighted by Crippen LogP contribution is -2.08. The van der Waals surface area contributed by atoms with E-state index in [4.69, 9.17) is 4.52 Å². The molecule has 0 unspecified atom stereocenters. The first-order chi connectivity index (χ1) is 13.2. The van der Waals surface area contributed by atoms with E-state index in [2.05, 4.69) is 20.1 Å². The van der Waals surface area contributed by atoms with Crippen molar-refractivity contribution in [2.24, 2.45) is 0 Å². The maximum atomic E-state index is 12.0. The summed E-state index contributed by atoms with van der Waals surface area (Å²) >= 11 is 1.35. The van der Waals surface area contributed by atoms with E-state index in [-0.39, 0.29) is 5.56 Å². The van der Waals surface area contributed by atoms with Crippen LogP contribution < -0.4 is 5.56 Å². The van der Waals surface area contributed by atoms with Crippen LogP contribution in [0.1, 0.15) is 11.5 Å². The molecule has 0 spiro atoms. The first-order valence-corrected chi connectivity index (χ1v) is 9.36. The average Bonchev–Trinajstić information content (AvgIpc) is 3.16.